The Bertz CT molecular complexity index is 798. The summed E-state index contributed by atoms with van der Waals surface area (Å²) in [6, 6.07) is 4.34. The maximum Gasteiger partial charge on any atom is 0.416 e. The molecule has 1 aromatic heterocycles. The Labute approximate surface area is 141 Å². The predicted molar refractivity (Wildman–Crippen MR) is 83.8 cm³/mol. The quantitative estimate of drug-likeness (QED) is 0.865. The van der Waals surface area contributed by atoms with Gasteiger partial charge in [0.2, 0.25) is 5.91 Å². The van der Waals surface area contributed by atoms with E-state index in [0.717, 1.165) is 6.07 Å². The van der Waals surface area contributed by atoms with Crippen molar-refractivity contribution in [3.63, 3.8) is 0 Å². The first-order valence-corrected chi connectivity index (χ1v) is 7.47. The molecule has 1 fully saturated rings. The topological polar surface area (TPSA) is 92.3 Å². The molecule has 0 saturated carbocycles. The van der Waals surface area contributed by atoms with E-state index < -0.39 is 17.5 Å². The summed E-state index contributed by atoms with van der Waals surface area (Å²) in [6.07, 6.45) is -4.33. The second kappa shape index (κ2) is 5.99. The molecule has 3 N–H and O–H groups in total. The fourth-order valence-corrected chi connectivity index (χ4v) is 2.82. The van der Waals surface area contributed by atoms with Crippen molar-refractivity contribution >= 4 is 11.7 Å². The number of amides is 1. The summed E-state index contributed by atoms with van der Waals surface area (Å²) in [6.45, 7) is 1.78. The molecule has 9 heteroatoms. The number of aromatic hydroxyl groups is 1. The Morgan fingerprint density at radius 2 is 2.00 bits per heavy atom. The third kappa shape index (κ3) is 3.27. The molecule has 3 rings (SSSR count). The van der Waals surface area contributed by atoms with Gasteiger partial charge >= 0.3 is 6.18 Å². The third-order valence-electron chi connectivity index (χ3n) is 3.98. The van der Waals surface area contributed by atoms with Crippen LogP contribution in [-0.4, -0.2) is 33.8 Å². The highest BCUT2D eigenvalue weighted by atomic mass is 19.4. The smallest absolute Gasteiger partial charge is 0.416 e. The van der Waals surface area contributed by atoms with E-state index in [4.69, 9.17) is 5.73 Å². The third-order valence-corrected chi connectivity index (χ3v) is 3.98. The number of hydrogen-bond acceptors (Lipinski definition) is 5. The highest BCUT2D eigenvalue weighted by Gasteiger charge is 2.32. The standard InChI is InChI=1S/C16H15F3N4O2/c1-8-4-9(16(17,18)19)5-12(24)15(8)11-2-3-13(22-21-11)23-7-10(20)6-14(23)25/h2-5,10,24H,6-7,20H2,1H3/t10-/m0/s1. The summed E-state index contributed by atoms with van der Waals surface area (Å²) < 4.78 is 38.4. The van der Waals surface area contributed by atoms with Crippen LogP contribution in [-0.2, 0) is 11.0 Å². The number of hydrogen-bond donors (Lipinski definition) is 2. The van der Waals surface area contributed by atoms with Gasteiger partial charge in [-0.25, -0.2) is 0 Å². The highest BCUT2D eigenvalue weighted by molar-refractivity contribution is 5.95. The second-order valence-corrected chi connectivity index (χ2v) is 5.93. The van der Waals surface area contributed by atoms with Crippen molar-refractivity contribution in [2.75, 3.05) is 11.4 Å². The summed E-state index contributed by atoms with van der Waals surface area (Å²) in [5.74, 6) is -0.387. The number of phenolic OH excluding ortho intramolecular Hbond substituents is 1. The molecule has 6 nitrogen and oxygen atoms in total. The summed E-state index contributed by atoms with van der Waals surface area (Å²) in [7, 11) is 0. The predicted octanol–water partition coefficient (Wildman–Crippen LogP) is 2.24. The normalized spacial score (nSPS) is 18.0. The number of aromatic nitrogens is 2. The van der Waals surface area contributed by atoms with E-state index in [2.05, 4.69) is 10.2 Å². The molecule has 0 aliphatic carbocycles. The van der Waals surface area contributed by atoms with E-state index in [-0.39, 0.29) is 35.2 Å². The van der Waals surface area contributed by atoms with Crippen molar-refractivity contribution in [2.24, 2.45) is 5.73 Å². The van der Waals surface area contributed by atoms with E-state index in [0.29, 0.717) is 18.4 Å². The molecule has 1 atom stereocenters. The van der Waals surface area contributed by atoms with E-state index in [1.54, 1.807) is 0 Å². The van der Waals surface area contributed by atoms with E-state index in [9.17, 15) is 23.1 Å². The number of carbonyl (C=O) groups is 1. The minimum atomic E-state index is -4.55. The van der Waals surface area contributed by atoms with Crippen LogP contribution in [0.15, 0.2) is 24.3 Å². The fraction of sp³-hybridized carbons (Fsp3) is 0.312. The number of nitrogens with two attached hydrogens (primary N) is 1. The van der Waals surface area contributed by atoms with E-state index >= 15 is 0 Å². The Balaban J connectivity index is 1.94. The van der Waals surface area contributed by atoms with Crippen LogP contribution in [0, 0.1) is 6.92 Å². The van der Waals surface area contributed by atoms with E-state index in [1.807, 2.05) is 0 Å². The SMILES string of the molecule is Cc1cc(C(F)(F)F)cc(O)c1-c1ccc(N2C[C@@H](N)CC2=O)nn1. The summed E-state index contributed by atoms with van der Waals surface area (Å²) in [4.78, 5) is 13.2. The van der Waals surface area contributed by atoms with Gasteiger partial charge in [0, 0.05) is 24.6 Å². The zero-order valence-corrected chi connectivity index (χ0v) is 13.2. The second-order valence-electron chi connectivity index (χ2n) is 5.93. The van der Waals surface area contributed by atoms with Crippen molar-refractivity contribution in [3.05, 3.63) is 35.4 Å². The van der Waals surface area contributed by atoms with Crippen LogP contribution in [0.3, 0.4) is 0 Å². The van der Waals surface area contributed by atoms with Gasteiger partial charge in [0.25, 0.3) is 0 Å². The van der Waals surface area contributed by atoms with Crippen molar-refractivity contribution in [1.82, 2.24) is 10.2 Å². The van der Waals surface area contributed by atoms with E-state index in [1.165, 1.54) is 24.0 Å². The molecule has 0 spiro atoms. The number of benzene rings is 1. The molecular weight excluding hydrogens is 337 g/mol. The molecule has 1 saturated heterocycles. The molecule has 0 unspecified atom stereocenters. The maximum absolute atomic E-state index is 12.8. The van der Waals surface area contributed by atoms with Gasteiger partial charge in [0.05, 0.1) is 11.3 Å². The number of phenols is 1. The van der Waals surface area contributed by atoms with Gasteiger partial charge in [0.1, 0.15) is 5.75 Å². The molecule has 1 aliphatic heterocycles. The lowest BCUT2D eigenvalue weighted by atomic mass is 10.0. The molecule has 2 heterocycles. The van der Waals surface area contributed by atoms with Crippen LogP contribution >= 0.6 is 0 Å². The van der Waals surface area contributed by atoms with Crippen molar-refractivity contribution in [2.45, 2.75) is 25.6 Å². The number of halogens is 3. The molecule has 0 bridgehead atoms. The van der Waals surface area contributed by atoms with Gasteiger partial charge in [-0.1, -0.05) is 0 Å². The Morgan fingerprint density at radius 3 is 2.48 bits per heavy atom. The lowest BCUT2D eigenvalue weighted by Crippen LogP contribution is -2.28. The lowest BCUT2D eigenvalue weighted by Gasteiger charge is -2.15. The molecule has 1 aromatic carbocycles. The first kappa shape index (κ1) is 17.2. The zero-order valence-electron chi connectivity index (χ0n) is 13.2. The molecule has 1 amide bonds. The first-order chi connectivity index (χ1) is 11.7. The first-order valence-electron chi connectivity index (χ1n) is 7.47. The number of nitrogens with zero attached hydrogens (tertiary/aromatic N) is 3. The summed E-state index contributed by atoms with van der Waals surface area (Å²) in [5.41, 5.74) is 5.38. The van der Waals surface area contributed by atoms with Crippen LogP contribution < -0.4 is 10.6 Å². The van der Waals surface area contributed by atoms with Crippen LogP contribution in [0.2, 0.25) is 0 Å². The largest absolute Gasteiger partial charge is 0.507 e. The number of aryl methyl sites for hydroxylation is 1. The zero-order chi connectivity index (χ0) is 18.4. The van der Waals surface area contributed by atoms with Crippen LogP contribution in [0.25, 0.3) is 11.3 Å². The fourth-order valence-electron chi connectivity index (χ4n) is 2.82. The minimum absolute atomic E-state index is 0.163. The van der Waals surface area contributed by atoms with Crippen LogP contribution in [0.1, 0.15) is 17.5 Å². The maximum atomic E-state index is 12.8. The molecule has 1 aliphatic rings. The van der Waals surface area contributed by atoms with Gasteiger partial charge in [-0.05, 0) is 36.8 Å². The average molecular weight is 352 g/mol. The highest BCUT2D eigenvalue weighted by Crippen LogP contribution is 2.38. The minimum Gasteiger partial charge on any atom is -0.507 e. The number of alkyl halides is 3. The monoisotopic (exact) mass is 352 g/mol. The molecule has 132 valence electrons. The van der Waals surface area contributed by atoms with Crippen LogP contribution in [0.5, 0.6) is 5.75 Å². The van der Waals surface area contributed by atoms with Crippen molar-refractivity contribution < 1.29 is 23.1 Å². The van der Waals surface area contributed by atoms with Crippen molar-refractivity contribution in [3.8, 4) is 17.0 Å². The Kier molecular flexibility index (Phi) is 4.11. The van der Waals surface area contributed by atoms with Gasteiger partial charge < -0.3 is 10.8 Å². The molecular formula is C16H15F3N4O2. The van der Waals surface area contributed by atoms with Gasteiger partial charge in [0.15, 0.2) is 5.82 Å². The molecule has 2 aromatic rings. The van der Waals surface area contributed by atoms with Gasteiger partial charge in [-0.15, -0.1) is 10.2 Å². The van der Waals surface area contributed by atoms with Crippen molar-refractivity contribution in [1.29, 1.82) is 0 Å². The summed E-state index contributed by atoms with van der Waals surface area (Å²) >= 11 is 0. The Morgan fingerprint density at radius 1 is 1.28 bits per heavy atom. The lowest BCUT2D eigenvalue weighted by molar-refractivity contribution is -0.137. The number of rotatable bonds is 2. The molecule has 25 heavy (non-hydrogen) atoms. The van der Waals surface area contributed by atoms with Crippen LogP contribution in [0.4, 0.5) is 19.0 Å². The summed E-state index contributed by atoms with van der Waals surface area (Å²) in [5, 5.41) is 17.9. The Hall–Kier alpha value is -2.68. The molecule has 0 radical (unpaired) electrons. The number of anilines is 1. The van der Waals surface area contributed by atoms with Gasteiger partial charge in [-0.3, -0.25) is 9.69 Å². The van der Waals surface area contributed by atoms with Gasteiger partial charge in [-0.2, -0.15) is 13.2 Å². The average Bonchev–Trinajstić information content (AvgIpc) is 2.85. The number of carbonyl (C=O) groups excluding carboxylic acids is 1.